The summed E-state index contributed by atoms with van der Waals surface area (Å²) in [4.78, 5) is 11.5. The minimum atomic E-state index is -0.801. The highest BCUT2D eigenvalue weighted by Gasteiger charge is 2.14. The van der Waals surface area contributed by atoms with Gasteiger partial charge in [0.05, 0.1) is 12.3 Å². The van der Waals surface area contributed by atoms with Gasteiger partial charge in [-0.2, -0.15) is 0 Å². The zero-order valence-corrected chi connectivity index (χ0v) is 10.5. The molecule has 0 heterocycles. The number of nitrogens with one attached hydrogen (secondary N) is 1. The van der Waals surface area contributed by atoms with Crippen LogP contribution in [0.1, 0.15) is 5.56 Å². The second kappa shape index (κ2) is 7.21. The van der Waals surface area contributed by atoms with Crippen molar-refractivity contribution in [2.24, 2.45) is 5.73 Å². The Morgan fingerprint density at radius 3 is 2.82 bits per heavy atom. The van der Waals surface area contributed by atoms with Crippen molar-refractivity contribution in [3.05, 3.63) is 29.6 Å². The van der Waals surface area contributed by atoms with Crippen LogP contribution >= 0.6 is 12.4 Å². The Morgan fingerprint density at radius 2 is 2.24 bits per heavy atom. The highest BCUT2D eigenvalue weighted by atomic mass is 35.5. The summed E-state index contributed by atoms with van der Waals surface area (Å²) in [5, 5.41) is 2.42. The van der Waals surface area contributed by atoms with Gasteiger partial charge in [-0.1, -0.05) is 6.07 Å². The number of carbonyl (C=O) groups excluding carboxylic acids is 1. The summed E-state index contributed by atoms with van der Waals surface area (Å²) in [6, 6.07) is 3.67. The maximum atomic E-state index is 13.3. The van der Waals surface area contributed by atoms with E-state index in [1.54, 1.807) is 12.1 Å². The fourth-order valence-electron chi connectivity index (χ4n) is 1.22. The van der Waals surface area contributed by atoms with Gasteiger partial charge in [-0.3, -0.25) is 4.79 Å². The normalized spacial score (nSPS) is 11.5. The Bertz CT molecular complexity index is 388. The van der Waals surface area contributed by atoms with Crippen LogP contribution in [0.4, 0.5) is 10.1 Å². The lowest BCUT2D eigenvalue weighted by Crippen LogP contribution is -2.39. The predicted molar refractivity (Wildman–Crippen MR) is 66.9 cm³/mol. The van der Waals surface area contributed by atoms with E-state index in [2.05, 4.69) is 5.32 Å². The number of rotatable bonds is 4. The zero-order chi connectivity index (χ0) is 12.1. The Hall–Kier alpha value is -1.17. The van der Waals surface area contributed by atoms with Crippen molar-refractivity contribution in [1.82, 2.24) is 0 Å². The van der Waals surface area contributed by atoms with Gasteiger partial charge in [0.2, 0.25) is 5.91 Å². The molecule has 0 aliphatic carbocycles. The molecule has 1 amide bonds. The van der Waals surface area contributed by atoms with Crippen LogP contribution in [0.25, 0.3) is 0 Å². The van der Waals surface area contributed by atoms with Gasteiger partial charge in [-0.25, -0.2) is 4.39 Å². The highest BCUT2D eigenvalue weighted by Crippen LogP contribution is 2.15. The van der Waals surface area contributed by atoms with Gasteiger partial charge in [-0.15, -0.1) is 12.4 Å². The minimum Gasteiger partial charge on any atom is -0.383 e. The van der Waals surface area contributed by atoms with Crippen LogP contribution < -0.4 is 11.1 Å². The van der Waals surface area contributed by atoms with Crippen molar-refractivity contribution >= 4 is 24.0 Å². The summed E-state index contributed by atoms with van der Waals surface area (Å²) in [7, 11) is 1.44. The maximum Gasteiger partial charge on any atom is 0.243 e. The first-order valence-corrected chi connectivity index (χ1v) is 4.86. The molecule has 0 spiro atoms. The number of anilines is 1. The number of benzene rings is 1. The summed E-state index contributed by atoms with van der Waals surface area (Å²) in [5.41, 5.74) is 6.50. The molecule has 1 aromatic rings. The highest BCUT2D eigenvalue weighted by molar-refractivity contribution is 5.94. The van der Waals surface area contributed by atoms with Crippen LogP contribution in [0.3, 0.4) is 0 Å². The number of hydrogen-bond donors (Lipinski definition) is 2. The van der Waals surface area contributed by atoms with E-state index in [1.165, 1.54) is 13.2 Å². The first-order valence-electron chi connectivity index (χ1n) is 4.86. The average Bonchev–Trinajstić information content (AvgIpc) is 2.23. The molecule has 0 radical (unpaired) electrons. The van der Waals surface area contributed by atoms with Gasteiger partial charge in [0, 0.05) is 7.11 Å². The van der Waals surface area contributed by atoms with Gasteiger partial charge >= 0.3 is 0 Å². The monoisotopic (exact) mass is 262 g/mol. The van der Waals surface area contributed by atoms with Crippen molar-refractivity contribution in [3.8, 4) is 0 Å². The topological polar surface area (TPSA) is 64.3 Å². The molecule has 1 unspecified atom stereocenters. The van der Waals surface area contributed by atoms with Gasteiger partial charge in [0.1, 0.15) is 11.9 Å². The Labute approximate surface area is 106 Å². The number of carbonyl (C=O) groups is 1. The molecular weight excluding hydrogens is 247 g/mol. The van der Waals surface area contributed by atoms with Crippen LogP contribution in [0.2, 0.25) is 0 Å². The van der Waals surface area contributed by atoms with E-state index in [4.69, 9.17) is 10.5 Å². The lowest BCUT2D eigenvalue weighted by molar-refractivity contribution is -0.118. The molecular formula is C11H16ClFN2O2. The summed E-state index contributed by atoms with van der Waals surface area (Å²) in [6.07, 6.45) is 0. The van der Waals surface area contributed by atoms with E-state index in [9.17, 15) is 9.18 Å². The number of nitrogens with two attached hydrogens (primary N) is 1. The van der Waals surface area contributed by atoms with Gasteiger partial charge in [-0.05, 0) is 24.6 Å². The third kappa shape index (κ3) is 4.68. The fourth-order valence-corrected chi connectivity index (χ4v) is 1.22. The number of amides is 1. The van der Waals surface area contributed by atoms with E-state index in [-0.39, 0.29) is 24.7 Å². The summed E-state index contributed by atoms with van der Waals surface area (Å²) in [6.45, 7) is 1.91. The lowest BCUT2D eigenvalue weighted by Gasteiger charge is -2.12. The van der Waals surface area contributed by atoms with Gasteiger partial charge in [0.15, 0.2) is 0 Å². The van der Waals surface area contributed by atoms with Crippen molar-refractivity contribution in [2.75, 3.05) is 19.0 Å². The van der Waals surface area contributed by atoms with Gasteiger partial charge in [0.25, 0.3) is 0 Å². The third-order valence-corrected chi connectivity index (χ3v) is 2.06. The van der Waals surface area contributed by atoms with E-state index >= 15 is 0 Å². The Kier molecular flexibility index (Phi) is 6.72. The molecule has 4 nitrogen and oxygen atoms in total. The maximum absolute atomic E-state index is 13.3. The van der Waals surface area contributed by atoms with E-state index in [1.807, 2.05) is 6.92 Å². The van der Waals surface area contributed by atoms with Crippen molar-refractivity contribution < 1.29 is 13.9 Å². The number of halogens is 2. The first-order chi connectivity index (χ1) is 7.54. The minimum absolute atomic E-state index is 0. The Morgan fingerprint density at radius 1 is 1.59 bits per heavy atom. The molecule has 17 heavy (non-hydrogen) atoms. The number of hydrogen-bond acceptors (Lipinski definition) is 3. The standard InChI is InChI=1S/C11H15FN2O2.ClH/c1-7-3-4-8(12)10(5-7)14-11(15)9(13)6-16-2;/h3-5,9H,6,13H2,1-2H3,(H,14,15);1H. The fraction of sp³-hybridized carbons (Fsp3) is 0.364. The van der Waals surface area contributed by atoms with E-state index in [0.29, 0.717) is 0 Å². The predicted octanol–water partition coefficient (Wildman–Crippen LogP) is 1.47. The molecule has 0 bridgehead atoms. The van der Waals surface area contributed by atoms with Crippen LogP contribution in [-0.2, 0) is 9.53 Å². The number of ether oxygens (including phenoxy) is 1. The van der Waals surface area contributed by atoms with Crippen LogP contribution in [0.15, 0.2) is 18.2 Å². The van der Waals surface area contributed by atoms with E-state index in [0.717, 1.165) is 5.56 Å². The quantitative estimate of drug-likeness (QED) is 0.864. The average molecular weight is 263 g/mol. The Balaban J connectivity index is 0.00000256. The lowest BCUT2D eigenvalue weighted by atomic mass is 10.2. The van der Waals surface area contributed by atoms with E-state index < -0.39 is 17.8 Å². The van der Waals surface area contributed by atoms with Crippen LogP contribution in [0, 0.1) is 12.7 Å². The SMILES string of the molecule is COCC(N)C(=O)Nc1cc(C)ccc1F.Cl. The molecule has 1 aromatic carbocycles. The molecule has 0 saturated heterocycles. The molecule has 6 heteroatoms. The number of methoxy groups -OCH3 is 1. The van der Waals surface area contributed by atoms with Gasteiger partial charge < -0.3 is 15.8 Å². The molecule has 3 N–H and O–H groups in total. The van der Waals surface area contributed by atoms with Crippen molar-refractivity contribution in [2.45, 2.75) is 13.0 Å². The zero-order valence-electron chi connectivity index (χ0n) is 9.70. The molecule has 0 aliphatic rings. The van der Waals surface area contributed by atoms with Crippen LogP contribution in [-0.4, -0.2) is 25.7 Å². The third-order valence-electron chi connectivity index (χ3n) is 2.06. The van der Waals surface area contributed by atoms with Crippen molar-refractivity contribution in [3.63, 3.8) is 0 Å². The molecule has 0 fully saturated rings. The second-order valence-corrected chi connectivity index (χ2v) is 3.53. The van der Waals surface area contributed by atoms with Crippen LogP contribution in [0.5, 0.6) is 0 Å². The second-order valence-electron chi connectivity index (χ2n) is 3.53. The molecule has 0 aromatic heterocycles. The molecule has 96 valence electrons. The largest absolute Gasteiger partial charge is 0.383 e. The van der Waals surface area contributed by atoms with Crippen molar-refractivity contribution in [1.29, 1.82) is 0 Å². The first kappa shape index (κ1) is 15.8. The molecule has 0 saturated carbocycles. The molecule has 0 aliphatic heterocycles. The summed E-state index contributed by atoms with van der Waals surface area (Å²) < 4.78 is 18.0. The smallest absolute Gasteiger partial charge is 0.243 e. The molecule has 1 rings (SSSR count). The number of aryl methyl sites for hydroxylation is 1. The molecule has 1 atom stereocenters. The summed E-state index contributed by atoms with van der Waals surface area (Å²) in [5.74, 6) is -0.949. The summed E-state index contributed by atoms with van der Waals surface area (Å²) >= 11 is 0.